The monoisotopic (exact) mass is 479 g/mol. The van der Waals surface area contributed by atoms with E-state index in [0.717, 1.165) is 29.2 Å². The maximum atomic E-state index is 12.8. The molecule has 2 aromatic rings. The van der Waals surface area contributed by atoms with Crippen LogP contribution in [0, 0.1) is 0 Å². The van der Waals surface area contributed by atoms with Gasteiger partial charge in [0.15, 0.2) is 11.6 Å². The van der Waals surface area contributed by atoms with E-state index in [1.54, 1.807) is 28.6 Å². The number of nitrogens with zero attached hydrogens (tertiary/aromatic N) is 5. The molecule has 0 N–H and O–H groups in total. The smallest absolute Gasteiger partial charge is 0.243 e. The van der Waals surface area contributed by atoms with Crippen LogP contribution in [0.1, 0.15) is 25.7 Å². The molecule has 156 valence electrons. The third-order valence-corrected chi connectivity index (χ3v) is 8.02. The summed E-state index contributed by atoms with van der Waals surface area (Å²) in [4.78, 5) is 4.75. The third kappa shape index (κ3) is 4.73. The molecule has 2 saturated heterocycles. The van der Waals surface area contributed by atoms with Gasteiger partial charge in [-0.3, -0.25) is 0 Å². The number of rotatable bonds is 4. The molecule has 0 atom stereocenters. The van der Waals surface area contributed by atoms with E-state index in [0.29, 0.717) is 31.1 Å². The predicted octanol–water partition coefficient (Wildman–Crippen LogP) is 3.13. The number of piperazine rings is 1. The van der Waals surface area contributed by atoms with Crippen molar-refractivity contribution in [3.8, 4) is 0 Å². The number of benzene rings is 1. The lowest BCUT2D eigenvalue weighted by Gasteiger charge is -2.34. The van der Waals surface area contributed by atoms with Gasteiger partial charge in [0, 0.05) is 43.7 Å². The first kappa shape index (κ1) is 20.6. The zero-order chi connectivity index (χ0) is 20.3. The van der Waals surface area contributed by atoms with Gasteiger partial charge in [-0.05, 0) is 49.2 Å². The first-order chi connectivity index (χ1) is 14.0. The molecule has 2 fully saturated rings. The third-order valence-electron chi connectivity index (χ3n) is 5.58. The van der Waals surface area contributed by atoms with Crippen LogP contribution >= 0.6 is 15.9 Å². The summed E-state index contributed by atoms with van der Waals surface area (Å²) in [6.45, 7) is 4.17. The molecule has 1 aromatic carbocycles. The SMILES string of the molecule is O=S(=O)(c1ccc(Br)cc1)N1CCN(c2ccc(N3CCCCCC3)nn2)CC1. The van der Waals surface area contributed by atoms with Crippen molar-refractivity contribution in [3.05, 3.63) is 40.9 Å². The molecular formula is C20H26BrN5O2S. The van der Waals surface area contributed by atoms with Crippen LogP contribution in [0.4, 0.5) is 11.6 Å². The van der Waals surface area contributed by atoms with Crippen molar-refractivity contribution in [1.29, 1.82) is 0 Å². The Kier molecular flexibility index (Phi) is 6.36. The number of aromatic nitrogens is 2. The summed E-state index contributed by atoms with van der Waals surface area (Å²) in [7, 11) is -3.47. The fourth-order valence-electron chi connectivity index (χ4n) is 3.87. The van der Waals surface area contributed by atoms with Crippen LogP contribution in [0.2, 0.25) is 0 Å². The molecule has 0 unspecified atom stereocenters. The largest absolute Gasteiger partial charge is 0.355 e. The van der Waals surface area contributed by atoms with Crippen LogP contribution in [0.15, 0.2) is 45.8 Å². The Bertz CT molecular complexity index is 905. The highest BCUT2D eigenvalue weighted by Gasteiger charge is 2.29. The molecule has 2 aliphatic rings. The van der Waals surface area contributed by atoms with Crippen molar-refractivity contribution in [2.24, 2.45) is 0 Å². The first-order valence-electron chi connectivity index (χ1n) is 10.1. The molecule has 9 heteroatoms. The summed E-state index contributed by atoms with van der Waals surface area (Å²) in [5, 5.41) is 8.87. The van der Waals surface area contributed by atoms with Crippen molar-refractivity contribution < 1.29 is 8.42 Å². The van der Waals surface area contributed by atoms with Gasteiger partial charge in [-0.1, -0.05) is 28.8 Å². The van der Waals surface area contributed by atoms with Gasteiger partial charge in [-0.15, -0.1) is 10.2 Å². The van der Waals surface area contributed by atoms with Crippen molar-refractivity contribution >= 4 is 37.6 Å². The van der Waals surface area contributed by atoms with Crippen LogP contribution in [-0.4, -0.2) is 62.2 Å². The average Bonchev–Trinajstić information content (AvgIpc) is 3.04. The highest BCUT2D eigenvalue weighted by atomic mass is 79.9. The van der Waals surface area contributed by atoms with E-state index in [-0.39, 0.29) is 0 Å². The van der Waals surface area contributed by atoms with Gasteiger partial charge in [0.25, 0.3) is 0 Å². The summed E-state index contributed by atoms with van der Waals surface area (Å²) >= 11 is 3.35. The molecule has 0 bridgehead atoms. The zero-order valence-electron chi connectivity index (χ0n) is 16.4. The Balaban J connectivity index is 1.38. The minimum atomic E-state index is -3.47. The van der Waals surface area contributed by atoms with Crippen LogP contribution in [-0.2, 0) is 10.0 Å². The van der Waals surface area contributed by atoms with Gasteiger partial charge in [-0.2, -0.15) is 4.31 Å². The lowest BCUT2D eigenvalue weighted by Crippen LogP contribution is -2.49. The van der Waals surface area contributed by atoms with Crippen molar-refractivity contribution in [3.63, 3.8) is 0 Å². The van der Waals surface area contributed by atoms with Crippen molar-refractivity contribution in [2.45, 2.75) is 30.6 Å². The van der Waals surface area contributed by atoms with E-state index in [1.165, 1.54) is 25.7 Å². The van der Waals surface area contributed by atoms with Crippen molar-refractivity contribution in [2.75, 3.05) is 49.1 Å². The van der Waals surface area contributed by atoms with Crippen LogP contribution < -0.4 is 9.80 Å². The Hall–Kier alpha value is -1.71. The Morgan fingerprint density at radius 2 is 1.21 bits per heavy atom. The number of anilines is 2. The normalized spacial score (nSPS) is 19.2. The van der Waals surface area contributed by atoms with E-state index in [9.17, 15) is 8.42 Å². The second-order valence-corrected chi connectivity index (χ2v) is 10.3. The molecular weight excluding hydrogens is 454 g/mol. The topological polar surface area (TPSA) is 69.6 Å². The standard InChI is InChI=1S/C20H26BrN5O2S/c21-17-5-7-18(8-6-17)29(27,28)26-15-13-25(14-16-26)20-10-9-19(22-23-20)24-11-3-1-2-4-12-24/h5-10H,1-4,11-16H2. The molecule has 4 rings (SSSR count). The number of hydrogen-bond donors (Lipinski definition) is 0. The summed E-state index contributed by atoms with van der Waals surface area (Å²) in [5.41, 5.74) is 0. The minimum absolute atomic E-state index is 0.329. The van der Waals surface area contributed by atoms with Gasteiger partial charge >= 0.3 is 0 Å². The summed E-state index contributed by atoms with van der Waals surface area (Å²) < 4.78 is 28.1. The molecule has 0 spiro atoms. The van der Waals surface area contributed by atoms with Gasteiger partial charge < -0.3 is 9.80 Å². The van der Waals surface area contributed by atoms with Crippen LogP contribution in [0.25, 0.3) is 0 Å². The van der Waals surface area contributed by atoms with E-state index >= 15 is 0 Å². The number of hydrogen-bond acceptors (Lipinski definition) is 6. The van der Waals surface area contributed by atoms with Gasteiger partial charge in [-0.25, -0.2) is 8.42 Å². The first-order valence-corrected chi connectivity index (χ1v) is 12.4. The molecule has 0 radical (unpaired) electrons. The maximum absolute atomic E-state index is 12.8. The highest BCUT2D eigenvalue weighted by Crippen LogP contribution is 2.23. The minimum Gasteiger partial charge on any atom is -0.355 e. The summed E-state index contributed by atoms with van der Waals surface area (Å²) in [6.07, 6.45) is 4.99. The second-order valence-electron chi connectivity index (χ2n) is 7.50. The Labute approximate surface area is 180 Å². The van der Waals surface area contributed by atoms with Crippen molar-refractivity contribution in [1.82, 2.24) is 14.5 Å². The molecule has 29 heavy (non-hydrogen) atoms. The van der Waals surface area contributed by atoms with E-state index in [2.05, 4.69) is 35.9 Å². The van der Waals surface area contributed by atoms with E-state index in [4.69, 9.17) is 0 Å². The fraction of sp³-hybridized carbons (Fsp3) is 0.500. The molecule has 3 heterocycles. The Morgan fingerprint density at radius 1 is 0.690 bits per heavy atom. The molecule has 0 aliphatic carbocycles. The summed E-state index contributed by atoms with van der Waals surface area (Å²) in [5.74, 6) is 1.75. The summed E-state index contributed by atoms with van der Waals surface area (Å²) in [6, 6.07) is 10.8. The van der Waals surface area contributed by atoms with Crippen LogP contribution in [0.5, 0.6) is 0 Å². The number of halogens is 1. The predicted molar refractivity (Wildman–Crippen MR) is 118 cm³/mol. The lowest BCUT2D eigenvalue weighted by molar-refractivity contribution is 0.383. The molecule has 7 nitrogen and oxygen atoms in total. The molecule has 0 saturated carbocycles. The van der Waals surface area contributed by atoms with Gasteiger partial charge in [0.05, 0.1) is 4.90 Å². The Morgan fingerprint density at radius 3 is 1.72 bits per heavy atom. The van der Waals surface area contributed by atoms with Gasteiger partial charge in [0.2, 0.25) is 10.0 Å². The van der Waals surface area contributed by atoms with Crippen LogP contribution in [0.3, 0.4) is 0 Å². The maximum Gasteiger partial charge on any atom is 0.243 e. The van der Waals surface area contributed by atoms with E-state index < -0.39 is 10.0 Å². The average molecular weight is 480 g/mol. The molecule has 0 amide bonds. The quantitative estimate of drug-likeness (QED) is 0.670. The van der Waals surface area contributed by atoms with E-state index in [1.807, 2.05) is 12.1 Å². The number of sulfonamides is 1. The highest BCUT2D eigenvalue weighted by molar-refractivity contribution is 9.10. The zero-order valence-corrected chi connectivity index (χ0v) is 18.8. The second kappa shape index (κ2) is 8.97. The van der Waals surface area contributed by atoms with Gasteiger partial charge in [0.1, 0.15) is 0 Å². The fourth-order valence-corrected chi connectivity index (χ4v) is 5.55. The lowest BCUT2D eigenvalue weighted by atomic mass is 10.2. The molecule has 1 aromatic heterocycles. The molecule has 2 aliphatic heterocycles.